The largest absolute Gasteiger partial charge is 0.356 e. The third kappa shape index (κ3) is 4.36. The van der Waals surface area contributed by atoms with Crippen molar-refractivity contribution >= 4 is 17.7 Å². The van der Waals surface area contributed by atoms with Crippen LogP contribution in [0.2, 0.25) is 0 Å². The molecule has 29 heavy (non-hydrogen) atoms. The van der Waals surface area contributed by atoms with E-state index in [1.54, 1.807) is 0 Å². The van der Waals surface area contributed by atoms with Crippen molar-refractivity contribution in [1.82, 2.24) is 14.9 Å². The summed E-state index contributed by atoms with van der Waals surface area (Å²) in [4.78, 5) is 29.2. The minimum Gasteiger partial charge on any atom is -0.356 e. The minimum atomic E-state index is -0.0558. The van der Waals surface area contributed by atoms with E-state index in [-0.39, 0.29) is 11.8 Å². The molecule has 1 amide bonds. The highest BCUT2D eigenvalue weighted by Gasteiger charge is 2.28. The summed E-state index contributed by atoms with van der Waals surface area (Å²) in [6.07, 6.45) is 3.29. The zero-order valence-electron chi connectivity index (χ0n) is 17.5. The fourth-order valence-electron chi connectivity index (χ4n) is 4.37. The number of aromatic nitrogens is 2. The van der Waals surface area contributed by atoms with E-state index >= 15 is 0 Å². The second kappa shape index (κ2) is 8.80. The number of benzene rings is 1. The molecule has 0 spiro atoms. The van der Waals surface area contributed by atoms with Crippen molar-refractivity contribution in [3.05, 3.63) is 47.7 Å². The van der Waals surface area contributed by atoms with Crippen molar-refractivity contribution < 1.29 is 4.79 Å². The lowest BCUT2D eigenvalue weighted by atomic mass is 9.95. The summed E-state index contributed by atoms with van der Waals surface area (Å²) in [5.41, 5.74) is 2.12. The lowest BCUT2D eigenvalue weighted by Crippen LogP contribution is -2.50. The van der Waals surface area contributed by atoms with Crippen LogP contribution in [0.25, 0.3) is 0 Å². The molecule has 1 aromatic carbocycles. The molecule has 6 nitrogen and oxygen atoms in total. The predicted molar refractivity (Wildman–Crippen MR) is 116 cm³/mol. The Balaban J connectivity index is 1.42. The van der Waals surface area contributed by atoms with E-state index < -0.39 is 0 Å². The fourth-order valence-corrected chi connectivity index (χ4v) is 4.37. The molecular weight excluding hydrogens is 362 g/mol. The summed E-state index contributed by atoms with van der Waals surface area (Å²) in [6.45, 7) is 9.28. The van der Waals surface area contributed by atoms with Crippen LogP contribution in [0, 0.1) is 6.92 Å². The van der Waals surface area contributed by atoms with Crippen LogP contribution >= 0.6 is 0 Å². The van der Waals surface area contributed by atoms with Gasteiger partial charge in [-0.2, -0.15) is 4.98 Å². The van der Waals surface area contributed by atoms with Crippen LogP contribution in [0.15, 0.2) is 36.4 Å². The van der Waals surface area contributed by atoms with Gasteiger partial charge in [-0.15, -0.1) is 0 Å². The third-order valence-electron chi connectivity index (χ3n) is 6.04. The van der Waals surface area contributed by atoms with Gasteiger partial charge in [0, 0.05) is 51.0 Å². The Morgan fingerprint density at radius 2 is 1.66 bits per heavy atom. The molecule has 1 aromatic heterocycles. The van der Waals surface area contributed by atoms with E-state index in [1.807, 2.05) is 30.0 Å². The monoisotopic (exact) mass is 393 g/mol. The van der Waals surface area contributed by atoms with Gasteiger partial charge in [0.2, 0.25) is 11.9 Å². The summed E-state index contributed by atoms with van der Waals surface area (Å²) in [6, 6.07) is 12.2. The molecule has 2 saturated heterocycles. The van der Waals surface area contributed by atoms with Crippen molar-refractivity contribution in [1.29, 1.82) is 0 Å². The average Bonchev–Trinajstić information content (AvgIpc) is 3.30. The van der Waals surface area contributed by atoms with Gasteiger partial charge < -0.3 is 14.7 Å². The van der Waals surface area contributed by atoms with Gasteiger partial charge in [-0.05, 0) is 31.7 Å². The number of piperazine rings is 1. The molecule has 4 rings (SSSR count). The lowest BCUT2D eigenvalue weighted by Gasteiger charge is -2.36. The molecule has 2 aromatic rings. The second-order valence-corrected chi connectivity index (χ2v) is 8.05. The molecule has 0 radical (unpaired) electrons. The van der Waals surface area contributed by atoms with Crippen LogP contribution in [-0.2, 0) is 4.79 Å². The van der Waals surface area contributed by atoms with Crippen molar-refractivity contribution in [3.63, 3.8) is 0 Å². The first-order valence-electron chi connectivity index (χ1n) is 10.8. The number of carbonyl (C=O) groups is 1. The van der Waals surface area contributed by atoms with Crippen molar-refractivity contribution in [2.75, 3.05) is 49.1 Å². The number of hydrogen-bond acceptors (Lipinski definition) is 5. The van der Waals surface area contributed by atoms with Gasteiger partial charge in [0.05, 0.1) is 5.92 Å². The van der Waals surface area contributed by atoms with Gasteiger partial charge in [-0.3, -0.25) is 4.79 Å². The fraction of sp³-hybridized carbons (Fsp3) is 0.522. The third-order valence-corrected chi connectivity index (χ3v) is 6.04. The molecule has 2 aliphatic heterocycles. The van der Waals surface area contributed by atoms with E-state index in [0.29, 0.717) is 0 Å². The van der Waals surface area contributed by atoms with Gasteiger partial charge in [0.1, 0.15) is 5.82 Å². The summed E-state index contributed by atoms with van der Waals surface area (Å²) in [5, 5.41) is 0. The molecule has 0 aliphatic carbocycles. The second-order valence-electron chi connectivity index (χ2n) is 8.05. The van der Waals surface area contributed by atoms with Crippen LogP contribution < -0.4 is 9.80 Å². The molecule has 0 bridgehead atoms. The van der Waals surface area contributed by atoms with Crippen LogP contribution in [0.4, 0.5) is 11.8 Å². The SMILES string of the molecule is CCC(C(=O)N1CCN(c2nc(C)cc(N3CCCC3)n2)CC1)c1ccccc1. The number of carbonyl (C=O) groups excluding carboxylic acids is 1. The minimum absolute atomic E-state index is 0.0558. The highest BCUT2D eigenvalue weighted by atomic mass is 16.2. The van der Waals surface area contributed by atoms with Gasteiger partial charge in [0.25, 0.3) is 0 Å². The van der Waals surface area contributed by atoms with Crippen LogP contribution in [0.5, 0.6) is 0 Å². The Morgan fingerprint density at radius 3 is 2.31 bits per heavy atom. The molecule has 0 saturated carbocycles. The quantitative estimate of drug-likeness (QED) is 0.781. The lowest BCUT2D eigenvalue weighted by molar-refractivity contribution is -0.133. The van der Waals surface area contributed by atoms with E-state index in [9.17, 15) is 4.79 Å². The van der Waals surface area contributed by atoms with E-state index in [4.69, 9.17) is 4.98 Å². The molecule has 1 atom stereocenters. The highest BCUT2D eigenvalue weighted by Crippen LogP contribution is 2.25. The maximum absolute atomic E-state index is 13.1. The molecule has 2 aliphatic rings. The maximum Gasteiger partial charge on any atom is 0.230 e. The Labute approximate surface area is 173 Å². The van der Waals surface area contributed by atoms with Gasteiger partial charge in [-0.25, -0.2) is 4.98 Å². The molecule has 3 heterocycles. The van der Waals surface area contributed by atoms with Crippen molar-refractivity contribution in [2.24, 2.45) is 0 Å². The normalized spacial score (nSPS) is 18.2. The predicted octanol–water partition coefficient (Wildman–Crippen LogP) is 3.23. The smallest absolute Gasteiger partial charge is 0.230 e. The van der Waals surface area contributed by atoms with Gasteiger partial charge in [0.15, 0.2) is 0 Å². The number of anilines is 2. The zero-order chi connectivity index (χ0) is 20.2. The summed E-state index contributed by atoms with van der Waals surface area (Å²) < 4.78 is 0. The molecule has 2 fully saturated rings. The standard InChI is InChI=1S/C23H31N5O/c1-3-20(19-9-5-4-6-10-19)22(29)27-13-15-28(16-14-27)23-24-18(2)17-21(25-23)26-11-7-8-12-26/h4-6,9-10,17,20H,3,7-8,11-16H2,1-2H3. The number of rotatable bonds is 5. The topological polar surface area (TPSA) is 52.6 Å². The Hall–Kier alpha value is -2.63. The van der Waals surface area contributed by atoms with Crippen LogP contribution in [-0.4, -0.2) is 60.0 Å². The average molecular weight is 394 g/mol. The van der Waals surface area contributed by atoms with Crippen molar-refractivity contribution in [3.8, 4) is 0 Å². The first-order chi connectivity index (χ1) is 14.2. The van der Waals surface area contributed by atoms with Crippen LogP contribution in [0.1, 0.15) is 43.4 Å². The first kappa shape index (κ1) is 19.7. The Kier molecular flexibility index (Phi) is 5.97. The number of nitrogens with zero attached hydrogens (tertiary/aromatic N) is 5. The van der Waals surface area contributed by atoms with E-state index in [1.165, 1.54) is 12.8 Å². The molecule has 0 N–H and O–H groups in total. The Morgan fingerprint density at radius 1 is 0.966 bits per heavy atom. The zero-order valence-corrected chi connectivity index (χ0v) is 17.5. The van der Waals surface area contributed by atoms with E-state index in [2.05, 4.69) is 39.9 Å². The number of hydrogen-bond donors (Lipinski definition) is 0. The maximum atomic E-state index is 13.1. The number of aryl methyl sites for hydroxylation is 1. The Bertz CT molecular complexity index is 826. The molecule has 6 heteroatoms. The first-order valence-corrected chi connectivity index (χ1v) is 10.8. The van der Waals surface area contributed by atoms with Gasteiger partial charge in [-0.1, -0.05) is 37.3 Å². The summed E-state index contributed by atoms with van der Waals surface area (Å²) in [7, 11) is 0. The molecular formula is C23H31N5O. The highest BCUT2D eigenvalue weighted by molar-refractivity contribution is 5.84. The van der Waals surface area contributed by atoms with Crippen molar-refractivity contribution in [2.45, 2.75) is 39.0 Å². The van der Waals surface area contributed by atoms with Gasteiger partial charge >= 0.3 is 0 Å². The molecule has 154 valence electrons. The molecule has 1 unspecified atom stereocenters. The summed E-state index contributed by atoms with van der Waals surface area (Å²) >= 11 is 0. The number of amides is 1. The van der Waals surface area contributed by atoms with E-state index in [0.717, 1.165) is 68.7 Å². The van der Waals surface area contributed by atoms with Crippen LogP contribution in [0.3, 0.4) is 0 Å². The summed E-state index contributed by atoms with van der Waals surface area (Å²) in [5.74, 6) is 2.02.